The molecule has 0 radical (unpaired) electrons. The van der Waals surface area contributed by atoms with Crippen LogP contribution in [0.3, 0.4) is 0 Å². The Bertz CT molecular complexity index is 477. The van der Waals surface area contributed by atoms with E-state index in [0.29, 0.717) is 6.61 Å². The number of hydrogen-bond donors (Lipinski definition) is 1. The van der Waals surface area contributed by atoms with Crippen LogP contribution in [-0.4, -0.2) is 44.6 Å². The second-order valence-electron chi connectivity index (χ2n) is 3.97. The van der Waals surface area contributed by atoms with Gasteiger partial charge in [0.1, 0.15) is 12.2 Å². The van der Waals surface area contributed by atoms with Crippen molar-refractivity contribution in [2.45, 2.75) is 13.0 Å². The van der Waals surface area contributed by atoms with Crippen LogP contribution in [0.25, 0.3) is 0 Å². The summed E-state index contributed by atoms with van der Waals surface area (Å²) in [6, 6.07) is 0. The zero-order chi connectivity index (χ0) is 12.8. The van der Waals surface area contributed by atoms with Crippen LogP contribution in [0.4, 0.5) is 5.95 Å². The van der Waals surface area contributed by atoms with Crippen molar-refractivity contribution in [3.8, 4) is 0 Å². The van der Waals surface area contributed by atoms with Crippen molar-refractivity contribution in [1.29, 1.82) is 0 Å². The Hall–Kier alpha value is -1.89. The first-order chi connectivity index (χ1) is 8.81. The lowest BCUT2D eigenvalue weighted by Gasteiger charge is -2.08. The van der Waals surface area contributed by atoms with Crippen LogP contribution in [0.5, 0.6) is 0 Å². The normalized spacial score (nSPS) is 10.8. The zero-order valence-electron chi connectivity index (χ0n) is 10.7. The summed E-state index contributed by atoms with van der Waals surface area (Å²) < 4.78 is 8.99. The van der Waals surface area contributed by atoms with Crippen molar-refractivity contribution in [2.24, 2.45) is 7.05 Å². The molecule has 7 nitrogen and oxygen atoms in total. The van der Waals surface area contributed by atoms with Crippen molar-refractivity contribution in [3.05, 3.63) is 24.5 Å². The minimum atomic E-state index is 0.675. The van der Waals surface area contributed by atoms with Gasteiger partial charge in [0.2, 0.25) is 5.95 Å². The van der Waals surface area contributed by atoms with Gasteiger partial charge in [-0.05, 0) is 0 Å². The van der Waals surface area contributed by atoms with E-state index in [1.165, 1.54) is 0 Å². The first-order valence-corrected chi connectivity index (χ1v) is 5.88. The number of aryl methyl sites for hydroxylation is 1. The molecule has 0 saturated heterocycles. The summed E-state index contributed by atoms with van der Waals surface area (Å²) in [5.74, 6) is 1.81. The summed E-state index contributed by atoms with van der Waals surface area (Å²) >= 11 is 0. The van der Waals surface area contributed by atoms with E-state index in [-0.39, 0.29) is 0 Å². The van der Waals surface area contributed by atoms with Crippen molar-refractivity contribution >= 4 is 5.95 Å². The Morgan fingerprint density at radius 3 is 3.06 bits per heavy atom. The van der Waals surface area contributed by atoms with Gasteiger partial charge in [-0.2, -0.15) is 0 Å². The lowest BCUT2D eigenvalue weighted by molar-refractivity contribution is 0.187. The predicted molar refractivity (Wildman–Crippen MR) is 67.3 cm³/mol. The standard InChI is InChI=1S/C11H18N6O/c1-16-9-14-15-10(16)3-4-12-11-13-5-6-17(11)7-8-18-2/h5-6,9H,3-4,7-8H2,1-2H3,(H,12,13). The zero-order valence-corrected chi connectivity index (χ0v) is 10.7. The number of imidazole rings is 1. The summed E-state index contributed by atoms with van der Waals surface area (Å²) in [6.45, 7) is 2.24. The van der Waals surface area contributed by atoms with Crippen molar-refractivity contribution in [3.63, 3.8) is 0 Å². The molecule has 0 spiro atoms. The molecule has 0 saturated carbocycles. The van der Waals surface area contributed by atoms with Gasteiger partial charge in [0.05, 0.1) is 6.61 Å². The Morgan fingerprint density at radius 2 is 2.33 bits per heavy atom. The number of nitrogens with one attached hydrogen (secondary N) is 1. The number of rotatable bonds is 7. The highest BCUT2D eigenvalue weighted by molar-refractivity contribution is 5.25. The number of nitrogens with zero attached hydrogens (tertiary/aromatic N) is 5. The minimum absolute atomic E-state index is 0.675. The first kappa shape index (κ1) is 12.6. The van der Waals surface area contributed by atoms with Gasteiger partial charge in [0.25, 0.3) is 0 Å². The highest BCUT2D eigenvalue weighted by Crippen LogP contribution is 2.04. The van der Waals surface area contributed by atoms with Gasteiger partial charge in [0.15, 0.2) is 0 Å². The van der Waals surface area contributed by atoms with Crippen molar-refractivity contribution in [2.75, 3.05) is 25.6 Å². The van der Waals surface area contributed by atoms with Gasteiger partial charge in [-0.1, -0.05) is 0 Å². The number of aromatic nitrogens is 5. The SMILES string of the molecule is COCCn1ccnc1NCCc1nncn1C. The first-order valence-electron chi connectivity index (χ1n) is 5.88. The van der Waals surface area contributed by atoms with Crippen LogP contribution in [0.1, 0.15) is 5.82 Å². The molecule has 0 aliphatic heterocycles. The molecule has 2 heterocycles. The summed E-state index contributed by atoms with van der Waals surface area (Å²) in [4.78, 5) is 4.26. The maximum Gasteiger partial charge on any atom is 0.202 e. The molecule has 2 aromatic rings. The highest BCUT2D eigenvalue weighted by atomic mass is 16.5. The van der Waals surface area contributed by atoms with Crippen molar-refractivity contribution < 1.29 is 4.74 Å². The average molecular weight is 250 g/mol. The third-order valence-electron chi connectivity index (χ3n) is 2.69. The van der Waals surface area contributed by atoms with Gasteiger partial charge in [-0.3, -0.25) is 0 Å². The largest absolute Gasteiger partial charge is 0.383 e. The van der Waals surface area contributed by atoms with E-state index in [2.05, 4.69) is 20.5 Å². The van der Waals surface area contributed by atoms with Crippen LogP contribution in [0.15, 0.2) is 18.7 Å². The molecule has 0 bridgehead atoms. The molecule has 0 aliphatic carbocycles. The topological polar surface area (TPSA) is 69.8 Å². The molecule has 7 heteroatoms. The van der Waals surface area contributed by atoms with Crippen LogP contribution in [0.2, 0.25) is 0 Å². The summed E-state index contributed by atoms with van der Waals surface area (Å²) in [6.07, 6.45) is 6.23. The quantitative estimate of drug-likeness (QED) is 0.766. The molecule has 2 rings (SSSR count). The number of hydrogen-bond acceptors (Lipinski definition) is 5. The second-order valence-corrected chi connectivity index (χ2v) is 3.97. The van der Waals surface area contributed by atoms with Gasteiger partial charge in [0, 0.05) is 46.1 Å². The second kappa shape index (κ2) is 6.15. The van der Waals surface area contributed by atoms with Gasteiger partial charge < -0.3 is 19.2 Å². The van der Waals surface area contributed by atoms with E-state index in [0.717, 1.165) is 31.3 Å². The lowest BCUT2D eigenvalue weighted by Crippen LogP contribution is -2.13. The van der Waals surface area contributed by atoms with Gasteiger partial charge >= 0.3 is 0 Å². The fourth-order valence-corrected chi connectivity index (χ4v) is 1.67. The molecule has 0 atom stereocenters. The molecule has 0 fully saturated rings. The van der Waals surface area contributed by atoms with E-state index >= 15 is 0 Å². The Morgan fingerprint density at radius 1 is 1.44 bits per heavy atom. The lowest BCUT2D eigenvalue weighted by atomic mass is 10.4. The highest BCUT2D eigenvalue weighted by Gasteiger charge is 2.03. The Balaban J connectivity index is 1.83. The van der Waals surface area contributed by atoms with E-state index in [1.807, 2.05) is 22.4 Å². The molecule has 18 heavy (non-hydrogen) atoms. The summed E-state index contributed by atoms with van der Waals surface area (Å²) in [7, 11) is 3.63. The third-order valence-corrected chi connectivity index (χ3v) is 2.69. The van der Waals surface area contributed by atoms with E-state index in [1.54, 1.807) is 19.6 Å². The number of anilines is 1. The maximum atomic E-state index is 5.05. The molecule has 0 unspecified atom stereocenters. The maximum absolute atomic E-state index is 5.05. The Kier molecular flexibility index (Phi) is 4.30. The fourth-order valence-electron chi connectivity index (χ4n) is 1.67. The predicted octanol–water partition coefficient (Wildman–Crippen LogP) is 0.313. The monoisotopic (exact) mass is 250 g/mol. The van der Waals surface area contributed by atoms with Gasteiger partial charge in [-0.15, -0.1) is 10.2 Å². The minimum Gasteiger partial charge on any atom is -0.383 e. The molecule has 98 valence electrons. The molecular formula is C11H18N6O. The van der Waals surface area contributed by atoms with E-state index in [4.69, 9.17) is 4.74 Å². The number of methoxy groups -OCH3 is 1. The third kappa shape index (κ3) is 3.07. The molecule has 0 aromatic carbocycles. The smallest absolute Gasteiger partial charge is 0.202 e. The van der Waals surface area contributed by atoms with E-state index < -0.39 is 0 Å². The fraction of sp³-hybridized carbons (Fsp3) is 0.545. The molecule has 1 N–H and O–H groups in total. The van der Waals surface area contributed by atoms with Crippen LogP contribution in [0, 0.1) is 0 Å². The van der Waals surface area contributed by atoms with E-state index in [9.17, 15) is 0 Å². The number of ether oxygens (including phenoxy) is 1. The van der Waals surface area contributed by atoms with Crippen molar-refractivity contribution in [1.82, 2.24) is 24.3 Å². The van der Waals surface area contributed by atoms with Gasteiger partial charge in [-0.25, -0.2) is 4.98 Å². The molecule has 2 aromatic heterocycles. The summed E-state index contributed by atoms with van der Waals surface area (Å²) in [5, 5.41) is 11.2. The van der Waals surface area contributed by atoms with Crippen LogP contribution in [-0.2, 0) is 24.8 Å². The van der Waals surface area contributed by atoms with Crippen LogP contribution < -0.4 is 5.32 Å². The Labute approximate surface area is 106 Å². The molecular weight excluding hydrogens is 232 g/mol. The molecule has 0 aliphatic rings. The van der Waals surface area contributed by atoms with Crippen LogP contribution >= 0.6 is 0 Å². The summed E-state index contributed by atoms with van der Waals surface area (Å²) in [5.41, 5.74) is 0. The average Bonchev–Trinajstić information content (AvgIpc) is 2.97. The molecule has 0 amide bonds.